The predicted molar refractivity (Wildman–Crippen MR) is 82.5 cm³/mol. The molecule has 0 fully saturated rings. The van der Waals surface area contributed by atoms with E-state index in [2.05, 4.69) is 48.0 Å². The molecular weight excluding hydrogens is 258 g/mol. The summed E-state index contributed by atoms with van der Waals surface area (Å²) >= 11 is 3.63. The molecule has 1 aromatic heterocycles. The van der Waals surface area contributed by atoms with Crippen molar-refractivity contribution >= 4 is 23.1 Å². The Kier molecular flexibility index (Phi) is 5.29. The van der Waals surface area contributed by atoms with Crippen molar-refractivity contribution in [3.05, 3.63) is 52.2 Å². The highest BCUT2D eigenvalue weighted by Crippen LogP contribution is 2.23. The summed E-state index contributed by atoms with van der Waals surface area (Å²) < 4.78 is 0. The topological polar surface area (TPSA) is 26.0 Å². The van der Waals surface area contributed by atoms with Gasteiger partial charge in [-0.05, 0) is 53.8 Å². The summed E-state index contributed by atoms with van der Waals surface area (Å²) in [4.78, 5) is 1.35. The second-order valence-corrected chi connectivity index (χ2v) is 6.35. The van der Waals surface area contributed by atoms with E-state index in [9.17, 15) is 0 Å². The number of aryl methyl sites for hydroxylation is 2. The average molecular weight is 277 g/mol. The zero-order chi connectivity index (χ0) is 12.8. The Morgan fingerprint density at radius 3 is 2.83 bits per heavy atom. The molecule has 0 bridgehead atoms. The Hall–Kier alpha value is -0.770. The molecule has 1 atom stereocenters. The third kappa shape index (κ3) is 4.16. The van der Waals surface area contributed by atoms with E-state index in [1.165, 1.54) is 16.0 Å². The van der Waals surface area contributed by atoms with Crippen LogP contribution >= 0.6 is 23.1 Å². The summed E-state index contributed by atoms with van der Waals surface area (Å²) in [5.41, 5.74) is 8.92. The van der Waals surface area contributed by atoms with Crippen LogP contribution in [-0.4, -0.2) is 11.8 Å². The minimum absolute atomic E-state index is 0.273. The Balaban J connectivity index is 1.75. The number of benzene rings is 1. The number of hydrogen-bond acceptors (Lipinski definition) is 3. The Labute approximate surface area is 117 Å². The molecule has 96 valence electrons. The largest absolute Gasteiger partial charge is 0.327 e. The van der Waals surface area contributed by atoms with Crippen molar-refractivity contribution in [3.8, 4) is 0 Å². The summed E-state index contributed by atoms with van der Waals surface area (Å²) in [5, 5.41) is 4.34. The fraction of sp³-hybridized carbons (Fsp3) is 0.333. The zero-order valence-corrected chi connectivity index (χ0v) is 12.3. The first-order valence-electron chi connectivity index (χ1n) is 6.21. The van der Waals surface area contributed by atoms with Crippen LogP contribution in [0.3, 0.4) is 0 Å². The summed E-state index contributed by atoms with van der Waals surface area (Å²) in [6, 6.07) is 11.0. The van der Waals surface area contributed by atoms with Crippen LogP contribution in [0.4, 0.5) is 0 Å². The van der Waals surface area contributed by atoms with Crippen molar-refractivity contribution in [2.45, 2.75) is 30.7 Å². The van der Waals surface area contributed by atoms with Crippen molar-refractivity contribution in [2.24, 2.45) is 5.73 Å². The zero-order valence-electron chi connectivity index (χ0n) is 10.6. The molecule has 0 aliphatic rings. The SMILES string of the molecule is Cc1ccccc1SCC(N)CCc1ccsc1. The summed E-state index contributed by atoms with van der Waals surface area (Å²) in [6.45, 7) is 2.15. The van der Waals surface area contributed by atoms with E-state index in [-0.39, 0.29) is 6.04 Å². The molecule has 1 heterocycles. The lowest BCUT2D eigenvalue weighted by atomic mass is 10.1. The Bertz CT molecular complexity index is 465. The molecule has 0 saturated heterocycles. The first-order chi connectivity index (χ1) is 8.75. The lowest BCUT2D eigenvalue weighted by Crippen LogP contribution is -2.23. The summed E-state index contributed by atoms with van der Waals surface area (Å²) in [5.74, 6) is 0.995. The standard InChI is InChI=1S/C15H19NS2/c1-12-4-2-3-5-15(12)18-11-14(16)7-6-13-8-9-17-10-13/h2-5,8-10,14H,6-7,11,16H2,1H3. The second-order valence-electron chi connectivity index (χ2n) is 4.51. The van der Waals surface area contributed by atoms with Crippen LogP contribution < -0.4 is 5.73 Å². The van der Waals surface area contributed by atoms with Gasteiger partial charge in [0.1, 0.15) is 0 Å². The van der Waals surface area contributed by atoms with Crippen LogP contribution in [0.1, 0.15) is 17.5 Å². The van der Waals surface area contributed by atoms with Gasteiger partial charge in [-0.2, -0.15) is 11.3 Å². The van der Waals surface area contributed by atoms with Gasteiger partial charge in [0.15, 0.2) is 0 Å². The van der Waals surface area contributed by atoms with Crippen LogP contribution in [0.25, 0.3) is 0 Å². The molecule has 3 heteroatoms. The fourth-order valence-corrected chi connectivity index (χ4v) is 3.52. The van der Waals surface area contributed by atoms with E-state index < -0.39 is 0 Å². The van der Waals surface area contributed by atoms with Gasteiger partial charge in [0.25, 0.3) is 0 Å². The maximum absolute atomic E-state index is 6.17. The molecule has 0 spiro atoms. The van der Waals surface area contributed by atoms with E-state index in [0.29, 0.717) is 0 Å². The third-order valence-electron chi connectivity index (χ3n) is 2.93. The number of thiophene rings is 1. The molecular formula is C15H19NS2. The monoisotopic (exact) mass is 277 g/mol. The van der Waals surface area contributed by atoms with Gasteiger partial charge in [-0.15, -0.1) is 11.8 Å². The highest BCUT2D eigenvalue weighted by Gasteiger charge is 2.05. The van der Waals surface area contributed by atoms with Crippen molar-refractivity contribution in [1.29, 1.82) is 0 Å². The molecule has 2 aromatic rings. The molecule has 2 N–H and O–H groups in total. The first-order valence-corrected chi connectivity index (χ1v) is 8.13. The quantitative estimate of drug-likeness (QED) is 0.804. The predicted octanol–water partition coefficient (Wildman–Crippen LogP) is 4.11. The van der Waals surface area contributed by atoms with Crippen molar-refractivity contribution in [2.75, 3.05) is 5.75 Å². The fourth-order valence-electron chi connectivity index (χ4n) is 1.79. The maximum Gasteiger partial charge on any atom is 0.0137 e. The van der Waals surface area contributed by atoms with Gasteiger partial charge in [-0.25, -0.2) is 0 Å². The Morgan fingerprint density at radius 2 is 2.11 bits per heavy atom. The van der Waals surface area contributed by atoms with E-state index in [1.54, 1.807) is 11.3 Å². The number of thioether (sulfide) groups is 1. The summed E-state index contributed by atoms with van der Waals surface area (Å²) in [7, 11) is 0. The number of rotatable bonds is 6. The van der Waals surface area contributed by atoms with Gasteiger partial charge in [-0.1, -0.05) is 18.2 Å². The van der Waals surface area contributed by atoms with E-state index in [1.807, 2.05) is 11.8 Å². The molecule has 0 saturated carbocycles. The van der Waals surface area contributed by atoms with Gasteiger partial charge >= 0.3 is 0 Å². The molecule has 2 rings (SSSR count). The maximum atomic E-state index is 6.17. The van der Waals surface area contributed by atoms with E-state index >= 15 is 0 Å². The smallest absolute Gasteiger partial charge is 0.0137 e. The molecule has 0 aliphatic heterocycles. The van der Waals surface area contributed by atoms with Crippen molar-refractivity contribution < 1.29 is 0 Å². The van der Waals surface area contributed by atoms with E-state index in [4.69, 9.17) is 5.73 Å². The normalized spacial score (nSPS) is 12.6. The average Bonchev–Trinajstić information content (AvgIpc) is 2.88. The molecule has 0 aliphatic carbocycles. The Morgan fingerprint density at radius 1 is 1.28 bits per heavy atom. The highest BCUT2D eigenvalue weighted by molar-refractivity contribution is 7.99. The van der Waals surface area contributed by atoms with Gasteiger partial charge in [-0.3, -0.25) is 0 Å². The molecule has 0 amide bonds. The van der Waals surface area contributed by atoms with Crippen molar-refractivity contribution in [1.82, 2.24) is 0 Å². The molecule has 18 heavy (non-hydrogen) atoms. The summed E-state index contributed by atoms with van der Waals surface area (Å²) in [6.07, 6.45) is 2.16. The number of nitrogens with two attached hydrogens (primary N) is 1. The van der Waals surface area contributed by atoms with Gasteiger partial charge in [0.05, 0.1) is 0 Å². The van der Waals surface area contributed by atoms with Crippen LogP contribution in [-0.2, 0) is 6.42 Å². The van der Waals surface area contributed by atoms with Gasteiger partial charge < -0.3 is 5.73 Å². The van der Waals surface area contributed by atoms with Crippen LogP contribution in [0, 0.1) is 6.92 Å². The lowest BCUT2D eigenvalue weighted by molar-refractivity contribution is 0.675. The molecule has 1 aromatic carbocycles. The van der Waals surface area contributed by atoms with Gasteiger partial charge in [0.2, 0.25) is 0 Å². The third-order valence-corrected chi connectivity index (χ3v) is 5.03. The lowest BCUT2D eigenvalue weighted by Gasteiger charge is -2.11. The van der Waals surface area contributed by atoms with Gasteiger partial charge in [0, 0.05) is 16.7 Å². The molecule has 1 nitrogen and oxygen atoms in total. The molecule has 0 radical (unpaired) electrons. The highest BCUT2D eigenvalue weighted by atomic mass is 32.2. The van der Waals surface area contributed by atoms with Crippen molar-refractivity contribution in [3.63, 3.8) is 0 Å². The number of hydrogen-bond donors (Lipinski definition) is 1. The van der Waals surface area contributed by atoms with Crippen LogP contribution in [0.15, 0.2) is 46.0 Å². The minimum atomic E-state index is 0.273. The van der Waals surface area contributed by atoms with Crippen LogP contribution in [0.5, 0.6) is 0 Å². The second kappa shape index (κ2) is 6.98. The minimum Gasteiger partial charge on any atom is -0.327 e. The van der Waals surface area contributed by atoms with Crippen LogP contribution in [0.2, 0.25) is 0 Å². The first kappa shape index (κ1) is 13.7. The van der Waals surface area contributed by atoms with E-state index in [0.717, 1.165) is 18.6 Å². The molecule has 1 unspecified atom stereocenters.